The summed E-state index contributed by atoms with van der Waals surface area (Å²) in [4.78, 5) is 15.4. The molecule has 1 aromatic rings. The summed E-state index contributed by atoms with van der Waals surface area (Å²) in [7, 11) is 5.77. The van der Waals surface area contributed by atoms with Crippen LogP contribution in [0.3, 0.4) is 0 Å². The Kier molecular flexibility index (Phi) is 3.16. The molecule has 3 unspecified atom stereocenters. The Bertz CT molecular complexity index is 899. The van der Waals surface area contributed by atoms with Gasteiger partial charge < -0.3 is 19.1 Å². The van der Waals surface area contributed by atoms with Crippen LogP contribution in [0, 0.1) is 11.3 Å². The van der Waals surface area contributed by atoms with E-state index >= 15 is 0 Å². The highest BCUT2D eigenvalue weighted by molar-refractivity contribution is 5.81. The van der Waals surface area contributed by atoms with E-state index in [1.165, 1.54) is 11.1 Å². The van der Waals surface area contributed by atoms with E-state index in [-0.39, 0.29) is 28.6 Å². The minimum absolute atomic E-state index is 0.0676. The Hall–Kier alpha value is -1.59. The number of hydrogen-bond donors (Lipinski definition) is 0. The number of nitrogens with zero attached hydrogens (tertiary/aromatic N) is 1. The lowest BCUT2D eigenvalue weighted by molar-refractivity contribution is -0.270. The first-order chi connectivity index (χ1) is 13.4. The average molecular weight is 383 g/mol. The van der Waals surface area contributed by atoms with E-state index in [1.807, 2.05) is 0 Å². The SMILES string of the molecule is COc1ccc2c3c1OC1C34CCN(C)C(C2)[C@]42CC[C@@]1(OC)[C@@H](C(C)=O)C2. The molecule has 7 rings (SSSR count). The number of carbonyl (C=O) groups is 1. The Morgan fingerprint density at radius 2 is 2.07 bits per heavy atom. The number of Topliss-reactive ketones (excluding diaryl/α,β-unsaturated/α-hetero) is 1. The van der Waals surface area contributed by atoms with Gasteiger partial charge in [-0.05, 0) is 64.3 Å². The van der Waals surface area contributed by atoms with Crippen molar-refractivity contribution >= 4 is 5.78 Å². The normalized spacial score (nSPS) is 44.8. The second kappa shape index (κ2) is 5.11. The maximum absolute atomic E-state index is 12.8. The van der Waals surface area contributed by atoms with Gasteiger partial charge >= 0.3 is 0 Å². The molecule has 150 valence electrons. The molecule has 2 aliphatic heterocycles. The molecule has 0 N–H and O–H groups in total. The third-order valence-corrected chi connectivity index (χ3v) is 9.32. The van der Waals surface area contributed by atoms with Crippen molar-refractivity contribution in [2.45, 2.75) is 62.2 Å². The smallest absolute Gasteiger partial charge is 0.165 e. The van der Waals surface area contributed by atoms with Gasteiger partial charge in [-0.25, -0.2) is 0 Å². The molecule has 4 fully saturated rings. The lowest BCUT2D eigenvalue weighted by Gasteiger charge is -2.73. The molecule has 5 nitrogen and oxygen atoms in total. The molecule has 6 aliphatic rings. The van der Waals surface area contributed by atoms with E-state index in [1.54, 1.807) is 21.1 Å². The van der Waals surface area contributed by atoms with E-state index < -0.39 is 5.60 Å². The van der Waals surface area contributed by atoms with Crippen molar-refractivity contribution in [2.24, 2.45) is 11.3 Å². The Morgan fingerprint density at radius 3 is 2.79 bits per heavy atom. The van der Waals surface area contributed by atoms with Crippen LogP contribution in [0.4, 0.5) is 0 Å². The number of carbonyl (C=O) groups excluding carboxylic acids is 1. The van der Waals surface area contributed by atoms with Crippen LogP contribution >= 0.6 is 0 Å². The molecule has 4 aliphatic carbocycles. The number of methoxy groups -OCH3 is 2. The molecule has 0 amide bonds. The summed E-state index contributed by atoms with van der Waals surface area (Å²) in [6.45, 7) is 2.80. The van der Waals surface area contributed by atoms with Crippen LogP contribution < -0.4 is 9.47 Å². The van der Waals surface area contributed by atoms with Crippen LogP contribution in [0.1, 0.15) is 43.7 Å². The molecule has 2 heterocycles. The zero-order chi connectivity index (χ0) is 19.5. The van der Waals surface area contributed by atoms with Crippen LogP contribution in [0.25, 0.3) is 0 Å². The minimum Gasteiger partial charge on any atom is -0.493 e. The molecule has 3 saturated carbocycles. The highest BCUT2D eigenvalue weighted by atomic mass is 16.6. The summed E-state index contributed by atoms with van der Waals surface area (Å²) >= 11 is 0. The van der Waals surface area contributed by atoms with Gasteiger partial charge in [0.1, 0.15) is 17.5 Å². The first kappa shape index (κ1) is 17.3. The summed E-state index contributed by atoms with van der Waals surface area (Å²) in [5, 5.41) is 0. The Labute approximate surface area is 166 Å². The van der Waals surface area contributed by atoms with Gasteiger partial charge in [-0.3, -0.25) is 4.79 Å². The van der Waals surface area contributed by atoms with Crippen LogP contribution in [0.15, 0.2) is 12.1 Å². The fraction of sp³-hybridized carbons (Fsp3) is 0.696. The Balaban J connectivity index is 1.69. The number of benzene rings is 1. The monoisotopic (exact) mass is 383 g/mol. The predicted molar refractivity (Wildman–Crippen MR) is 104 cm³/mol. The van der Waals surface area contributed by atoms with Gasteiger partial charge in [0.15, 0.2) is 11.5 Å². The number of piperidine rings is 1. The summed E-state index contributed by atoms with van der Waals surface area (Å²) < 4.78 is 18.8. The van der Waals surface area contributed by atoms with Gasteiger partial charge in [0.25, 0.3) is 0 Å². The second-order valence-corrected chi connectivity index (χ2v) is 9.73. The Morgan fingerprint density at radius 1 is 1.25 bits per heavy atom. The quantitative estimate of drug-likeness (QED) is 0.803. The van der Waals surface area contributed by atoms with Crippen molar-refractivity contribution in [3.63, 3.8) is 0 Å². The molecule has 6 atom stereocenters. The largest absolute Gasteiger partial charge is 0.493 e. The zero-order valence-corrected chi connectivity index (χ0v) is 17.2. The van der Waals surface area contributed by atoms with Crippen molar-refractivity contribution in [3.05, 3.63) is 23.3 Å². The lowest BCUT2D eigenvalue weighted by atomic mass is 9.34. The number of ketones is 1. The first-order valence-electron chi connectivity index (χ1n) is 10.6. The van der Waals surface area contributed by atoms with Gasteiger partial charge in [-0.1, -0.05) is 6.07 Å². The molecule has 5 heteroatoms. The molecular weight excluding hydrogens is 354 g/mol. The third-order valence-electron chi connectivity index (χ3n) is 9.32. The number of rotatable bonds is 3. The van der Waals surface area contributed by atoms with Gasteiger partial charge in [-0.2, -0.15) is 0 Å². The fourth-order valence-electron chi connectivity index (χ4n) is 8.30. The summed E-state index contributed by atoms with van der Waals surface area (Å²) in [5.74, 6) is 1.89. The maximum Gasteiger partial charge on any atom is 0.165 e. The highest BCUT2D eigenvalue weighted by Gasteiger charge is 2.80. The molecule has 1 saturated heterocycles. The highest BCUT2D eigenvalue weighted by Crippen LogP contribution is 2.76. The zero-order valence-electron chi connectivity index (χ0n) is 17.2. The molecular formula is C23H29NO4. The maximum atomic E-state index is 12.8. The molecule has 4 bridgehead atoms. The van der Waals surface area contributed by atoms with Crippen LogP contribution in [0.5, 0.6) is 11.5 Å². The van der Waals surface area contributed by atoms with Gasteiger partial charge in [0, 0.05) is 29.5 Å². The average Bonchev–Trinajstić information content (AvgIpc) is 3.07. The van der Waals surface area contributed by atoms with Gasteiger partial charge in [0.05, 0.1) is 13.0 Å². The van der Waals surface area contributed by atoms with Gasteiger partial charge in [-0.15, -0.1) is 0 Å². The standard InChI is InChI=1S/C23H29NO4/c1-13(25)15-12-21-7-8-23(15,27-4)20-22(21)9-10-24(2)17(21)11-14-5-6-16(26-3)19(28-20)18(14)22/h5-6,15,17,20H,7-12H2,1-4H3/t15-,17?,20?,21-,22?,23-/m1/s1. The van der Waals surface area contributed by atoms with Crippen molar-refractivity contribution in [2.75, 3.05) is 27.8 Å². The van der Waals surface area contributed by atoms with E-state index in [0.29, 0.717) is 6.04 Å². The predicted octanol–water partition coefficient (Wildman–Crippen LogP) is 2.73. The van der Waals surface area contributed by atoms with Crippen LogP contribution in [-0.2, 0) is 21.4 Å². The summed E-state index contributed by atoms with van der Waals surface area (Å²) in [6.07, 6.45) is 4.91. The number of fused-ring (bicyclic) bond motifs is 2. The number of ether oxygens (including phenoxy) is 3. The molecule has 2 spiro atoms. The van der Waals surface area contributed by atoms with Crippen LogP contribution in [0.2, 0.25) is 0 Å². The first-order valence-corrected chi connectivity index (χ1v) is 10.6. The van der Waals surface area contributed by atoms with Crippen molar-refractivity contribution in [3.8, 4) is 11.5 Å². The topological polar surface area (TPSA) is 48.0 Å². The van der Waals surface area contributed by atoms with Gasteiger partial charge in [0.2, 0.25) is 0 Å². The lowest BCUT2D eigenvalue weighted by Crippen LogP contribution is -2.81. The fourth-order valence-corrected chi connectivity index (χ4v) is 8.30. The van der Waals surface area contributed by atoms with E-state index in [9.17, 15) is 4.79 Å². The molecule has 28 heavy (non-hydrogen) atoms. The molecule has 0 radical (unpaired) electrons. The van der Waals surface area contributed by atoms with E-state index in [2.05, 4.69) is 24.1 Å². The number of hydrogen-bond acceptors (Lipinski definition) is 5. The third kappa shape index (κ3) is 1.53. The van der Waals surface area contributed by atoms with Crippen molar-refractivity contribution in [1.82, 2.24) is 4.90 Å². The second-order valence-electron chi connectivity index (χ2n) is 9.73. The van der Waals surface area contributed by atoms with Crippen LogP contribution in [-0.4, -0.2) is 56.2 Å². The summed E-state index contributed by atoms with van der Waals surface area (Å²) in [6, 6.07) is 4.75. The van der Waals surface area contributed by atoms with E-state index in [0.717, 1.165) is 50.1 Å². The van der Waals surface area contributed by atoms with Crippen molar-refractivity contribution in [1.29, 1.82) is 0 Å². The summed E-state index contributed by atoms with van der Waals surface area (Å²) in [5.41, 5.74) is 2.25. The van der Waals surface area contributed by atoms with Crippen molar-refractivity contribution < 1.29 is 19.0 Å². The number of likely N-dealkylation sites (N-methyl/N-ethyl adjacent to an activating group) is 1. The minimum atomic E-state index is -0.535. The number of likely N-dealkylation sites (tertiary alicyclic amines) is 1. The van der Waals surface area contributed by atoms with E-state index in [4.69, 9.17) is 14.2 Å². The molecule has 1 aromatic carbocycles. The molecule has 0 aromatic heterocycles.